The van der Waals surface area contributed by atoms with Gasteiger partial charge in [0.1, 0.15) is 16.4 Å². The third kappa shape index (κ3) is 8.63. The van der Waals surface area contributed by atoms with Gasteiger partial charge in [-0.05, 0) is 75.1 Å². The summed E-state index contributed by atoms with van der Waals surface area (Å²) in [7, 11) is -0.806. The van der Waals surface area contributed by atoms with Crippen LogP contribution in [-0.2, 0) is 25.3 Å². The molecule has 3 heterocycles. The molecule has 298 valence electrons. The van der Waals surface area contributed by atoms with Crippen molar-refractivity contribution < 1.29 is 27.5 Å². The second-order valence-corrected chi connectivity index (χ2v) is 17.4. The lowest BCUT2D eigenvalue weighted by Crippen LogP contribution is -2.62. The molecule has 3 saturated heterocycles. The molecule has 0 saturated carbocycles. The Kier molecular flexibility index (Phi) is 13.0. The zero-order valence-electron chi connectivity index (χ0n) is 32.2. The second-order valence-electron chi connectivity index (χ2n) is 14.7. The monoisotopic (exact) mass is 814 g/mol. The number of rotatable bonds is 12. The highest BCUT2D eigenvalue weighted by Gasteiger charge is 2.55. The molecule has 3 fully saturated rings. The molecule has 3 aromatic rings. The lowest BCUT2D eigenvalue weighted by atomic mass is 9.95. The number of halogens is 2. The molecule has 0 spiro atoms. The molecule has 55 heavy (non-hydrogen) atoms. The van der Waals surface area contributed by atoms with Gasteiger partial charge in [-0.25, -0.2) is 8.42 Å². The number of methoxy groups -OCH3 is 1. The van der Waals surface area contributed by atoms with Gasteiger partial charge < -0.3 is 19.3 Å². The quantitative estimate of drug-likeness (QED) is 0.247. The Morgan fingerprint density at radius 1 is 0.855 bits per heavy atom. The third-order valence-electron chi connectivity index (χ3n) is 10.9. The van der Waals surface area contributed by atoms with Crippen LogP contribution >= 0.6 is 23.2 Å². The fraction of sp³-hybridized carbons (Fsp3) is 0.500. The number of hydrogen-bond acceptors (Lipinski definition) is 9. The first kappa shape index (κ1) is 41.2. The van der Waals surface area contributed by atoms with Crippen LogP contribution in [0.4, 0.5) is 0 Å². The van der Waals surface area contributed by atoms with Gasteiger partial charge in [0.2, 0.25) is 15.9 Å². The summed E-state index contributed by atoms with van der Waals surface area (Å²) in [5.74, 6) is 0.147. The molecule has 0 bridgehead atoms. The fourth-order valence-electron chi connectivity index (χ4n) is 7.61. The Morgan fingerprint density at radius 2 is 1.40 bits per heavy atom. The maximum absolute atomic E-state index is 15.5. The van der Waals surface area contributed by atoms with Crippen LogP contribution in [0.5, 0.6) is 11.5 Å². The Hall–Kier alpha value is -3.43. The summed E-state index contributed by atoms with van der Waals surface area (Å²) < 4.78 is 42.4. The molecule has 1 unspecified atom stereocenters. The first-order valence-electron chi connectivity index (χ1n) is 19.0. The second kappa shape index (κ2) is 17.4. The number of benzene rings is 3. The zero-order chi connectivity index (χ0) is 39.5. The van der Waals surface area contributed by atoms with Crippen molar-refractivity contribution in [3.05, 3.63) is 87.4 Å². The van der Waals surface area contributed by atoms with E-state index in [1.54, 1.807) is 53.2 Å². The molecule has 0 radical (unpaired) electrons. The summed E-state index contributed by atoms with van der Waals surface area (Å²) in [5, 5.41) is 8.53. The van der Waals surface area contributed by atoms with Crippen molar-refractivity contribution in [3.63, 3.8) is 0 Å². The first-order valence-corrected chi connectivity index (χ1v) is 21.2. The predicted molar refractivity (Wildman–Crippen MR) is 214 cm³/mol. The van der Waals surface area contributed by atoms with Crippen molar-refractivity contribution in [3.8, 4) is 11.5 Å². The summed E-state index contributed by atoms with van der Waals surface area (Å²) in [5.41, 5.74) is 0.351. The Labute approximate surface area is 335 Å². The number of ether oxygens (including phenoxy) is 2. The van der Waals surface area contributed by atoms with E-state index in [1.807, 2.05) is 45.0 Å². The maximum atomic E-state index is 15.5. The maximum Gasteiger partial charge on any atom is 0.262 e. The minimum absolute atomic E-state index is 0.0176. The molecule has 15 heteroatoms. The Morgan fingerprint density at radius 3 is 1.89 bits per heavy atom. The normalized spacial score (nSPS) is 22.5. The first-order chi connectivity index (χ1) is 26.3. The van der Waals surface area contributed by atoms with E-state index < -0.39 is 27.8 Å². The van der Waals surface area contributed by atoms with E-state index >= 15 is 4.79 Å². The van der Waals surface area contributed by atoms with Crippen LogP contribution in [-0.4, -0.2) is 112 Å². The van der Waals surface area contributed by atoms with Crippen LogP contribution in [0.2, 0.25) is 10.0 Å². The number of nitrogens with zero attached hydrogens (tertiary/aromatic N) is 4. The van der Waals surface area contributed by atoms with E-state index in [4.69, 9.17) is 32.7 Å². The number of hydrogen-bond donors (Lipinski definition) is 2. The number of nitrogens with one attached hydrogen (secondary N) is 2. The molecule has 3 atom stereocenters. The molecule has 3 aliphatic rings. The predicted octanol–water partition coefficient (Wildman–Crippen LogP) is 5.41. The summed E-state index contributed by atoms with van der Waals surface area (Å²) in [6.45, 7) is 8.73. The standard InChI is InChI=1S/C40H52Cl2N6O6S/c1-6-54-33-25-34(53-5)35(55(51,52)48-18-8-7-9-19-48)24-32(33)40(39(50)47-22-20-46(21-23-47)26-36(49)45(4)27(2)3)43-37(28-10-14-30(41)15-11-28)38(44-40)29-12-16-31(42)17-13-29/h10-17,24-25,27,37-38,43-44H,6-9,18-23,26H2,1-5H3/t37-,38+,40?. The van der Waals surface area contributed by atoms with Crippen LogP contribution < -0.4 is 20.1 Å². The summed E-state index contributed by atoms with van der Waals surface area (Å²) in [4.78, 5) is 34.0. The van der Waals surface area contributed by atoms with Crippen molar-refractivity contribution in [1.29, 1.82) is 0 Å². The van der Waals surface area contributed by atoms with Crippen molar-refractivity contribution in [2.45, 2.75) is 68.7 Å². The van der Waals surface area contributed by atoms with E-state index in [0.717, 1.165) is 30.4 Å². The van der Waals surface area contributed by atoms with Gasteiger partial charge in [-0.3, -0.25) is 25.1 Å². The smallest absolute Gasteiger partial charge is 0.262 e. The van der Waals surface area contributed by atoms with Gasteiger partial charge in [-0.2, -0.15) is 4.31 Å². The molecule has 2 N–H and O–H groups in total. The van der Waals surface area contributed by atoms with Crippen molar-refractivity contribution >= 4 is 45.0 Å². The highest BCUT2D eigenvalue weighted by Crippen LogP contribution is 2.47. The molecule has 6 rings (SSSR count). The largest absolute Gasteiger partial charge is 0.495 e. The average molecular weight is 816 g/mol. The van der Waals surface area contributed by atoms with Gasteiger partial charge >= 0.3 is 0 Å². The minimum atomic E-state index is -4.04. The van der Waals surface area contributed by atoms with Crippen molar-refractivity contribution in [2.24, 2.45) is 0 Å². The van der Waals surface area contributed by atoms with Gasteiger partial charge in [0, 0.05) is 74.0 Å². The molecular formula is C40H52Cl2N6O6S. The lowest BCUT2D eigenvalue weighted by molar-refractivity contribution is -0.142. The molecular weight excluding hydrogens is 763 g/mol. The summed E-state index contributed by atoms with van der Waals surface area (Å²) >= 11 is 12.7. The van der Waals surface area contributed by atoms with E-state index in [2.05, 4.69) is 15.5 Å². The van der Waals surface area contributed by atoms with Gasteiger partial charge in [-0.15, -0.1) is 0 Å². The van der Waals surface area contributed by atoms with Crippen molar-refractivity contribution in [2.75, 3.05) is 66.6 Å². The average Bonchev–Trinajstić information content (AvgIpc) is 3.60. The Bertz CT molecular complexity index is 1880. The number of piperidine rings is 1. The number of carbonyl (C=O) groups excluding carboxylic acids is 2. The highest BCUT2D eigenvalue weighted by atomic mass is 35.5. The number of likely N-dealkylation sites (N-methyl/N-ethyl adjacent to an activating group) is 1. The Balaban J connectivity index is 1.49. The third-order valence-corrected chi connectivity index (χ3v) is 13.4. The molecule has 3 aromatic carbocycles. The summed E-state index contributed by atoms with van der Waals surface area (Å²) in [6, 6.07) is 17.1. The van der Waals surface area contributed by atoms with Crippen LogP contribution in [0.25, 0.3) is 0 Å². The van der Waals surface area contributed by atoms with Crippen LogP contribution in [0.15, 0.2) is 65.6 Å². The molecule has 0 aromatic heterocycles. The van der Waals surface area contributed by atoms with E-state index in [1.165, 1.54) is 11.4 Å². The SMILES string of the molecule is CCOc1cc(OC)c(S(=O)(=O)N2CCCCC2)cc1C1(C(=O)N2CCN(CC(=O)N(C)C(C)C)CC2)N[C@H](c2ccc(Cl)cc2)[C@H](c2ccc(Cl)cc2)N1. The van der Waals surface area contributed by atoms with E-state index in [0.29, 0.717) is 60.6 Å². The topological polar surface area (TPSA) is 124 Å². The van der Waals surface area contributed by atoms with Gasteiger partial charge in [0.05, 0.1) is 32.3 Å². The highest BCUT2D eigenvalue weighted by molar-refractivity contribution is 7.89. The van der Waals surface area contributed by atoms with Crippen LogP contribution in [0, 0.1) is 0 Å². The van der Waals surface area contributed by atoms with E-state index in [9.17, 15) is 13.2 Å². The number of piperazine rings is 1. The van der Waals surface area contributed by atoms with Crippen LogP contribution in [0.3, 0.4) is 0 Å². The van der Waals surface area contributed by atoms with Gasteiger partial charge in [0.15, 0.2) is 5.66 Å². The number of carbonyl (C=O) groups is 2. The minimum Gasteiger partial charge on any atom is -0.495 e. The molecule has 0 aliphatic carbocycles. The van der Waals surface area contributed by atoms with Crippen molar-refractivity contribution in [1.82, 2.24) is 29.6 Å². The zero-order valence-corrected chi connectivity index (χ0v) is 34.5. The van der Waals surface area contributed by atoms with Crippen LogP contribution in [0.1, 0.15) is 68.8 Å². The molecule has 2 amide bonds. The lowest BCUT2D eigenvalue weighted by Gasteiger charge is -2.41. The van der Waals surface area contributed by atoms with Gasteiger partial charge in [-0.1, -0.05) is 53.9 Å². The van der Waals surface area contributed by atoms with E-state index in [-0.39, 0.29) is 41.7 Å². The molecule has 3 aliphatic heterocycles. The number of sulfonamides is 1. The van der Waals surface area contributed by atoms with Gasteiger partial charge in [0.25, 0.3) is 5.91 Å². The summed E-state index contributed by atoms with van der Waals surface area (Å²) in [6.07, 6.45) is 2.47. The molecule has 12 nitrogen and oxygen atoms in total. The number of amides is 2. The fourth-order valence-corrected chi connectivity index (χ4v) is 9.54.